The van der Waals surface area contributed by atoms with E-state index in [4.69, 9.17) is 4.74 Å². The molecule has 0 unspecified atom stereocenters. The van der Waals surface area contributed by atoms with Crippen molar-refractivity contribution in [2.45, 2.75) is 41.0 Å². The van der Waals surface area contributed by atoms with Crippen LogP contribution < -0.4 is 0 Å². The highest BCUT2D eigenvalue weighted by Gasteiger charge is 2.37. The summed E-state index contributed by atoms with van der Waals surface area (Å²) in [4.78, 5) is 49.0. The lowest BCUT2D eigenvalue weighted by atomic mass is 9.75. The Labute approximate surface area is 188 Å². The topological polar surface area (TPSA) is 118 Å². The molecule has 8 heteroatoms. The summed E-state index contributed by atoms with van der Waals surface area (Å²) in [5, 5.41) is 9.57. The van der Waals surface area contributed by atoms with Crippen LogP contribution in [0.25, 0.3) is 11.0 Å². The largest absolute Gasteiger partial charge is 0.763 e. The Bertz CT molecular complexity index is 918. The number of esters is 3. The van der Waals surface area contributed by atoms with E-state index in [2.05, 4.69) is 9.47 Å². The Hall–Kier alpha value is -3.25. The number of benzene rings is 1. The molecule has 0 radical (unpaired) electrons. The van der Waals surface area contributed by atoms with Crippen molar-refractivity contribution in [1.29, 1.82) is 0 Å². The maximum atomic E-state index is 12.6. The van der Waals surface area contributed by atoms with Gasteiger partial charge in [-0.3, -0.25) is 20.3 Å². The first-order chi connectivity index (χ1) is 14.8. The molecule has 0 atom stereocenters. The summed E-state index contributed by atoms with van der Waals surface area (Å²) >= 11 is 0. The Morgan fingerprint density at radius 3 is 1.97 bits per heavy atom. The van der Waals surface area contributed by atoms with Gasteiger partial charge in [0.1, 0.15) is 12.4 Å². The summed E-state index contributed by atoms with van der Waals surface area (Å²) in [5.74, 6) is -1.69. The van der Waals surface area contributed by atoms with Crippen molar-refractivity contribution in [3.63, 3.8) is 0 Å². The highest BCUT2D eigenvalue weighted by Crippen LogP contribution is 2.30. The lowest BCUT2D eigenvalue weighted by molar-refractivity contribution is -0.158. The first-order valence-electron chi connectivity index (χ1n) is 10.0. The average Bonchev–Trinajstić information content (AvgIpc) is 2.76. The predicted octanol–water partition coefficient (Wildman–Crippen LogP) is 3.46. The van der Waals surface area contributed by atoms with Crippen molar-refractivity contribution < 1.29 is 33.4 Å². The standard InChI is InChI=1S/C24H30NO7/c1-23(2,3)22(29)24(4,5)14-32-19(26)16-10-8-9-15(11-16)17(13-25)12-18(20(27)30-6)21(28)31-7/h8-11,18H,12,14H2,1-7H3/q-1. The minimum atomic E-state index is -1.31. The molecule has 0 bridgehead atoms. The van der Waals surface area contributed by atoms with Crippen molar-refractivity contribution in [2.75, 3.05) is 20.8 Å². The van der Waals surface area contributed by atoms with Crippen LogP contribution in [0.15, 0.2) is 24.3 Å². The number of hydrogen-bond acceptors (Lipinski definition) is 7. The molecule has 1 aromatic carbocycles. The van der Waals surface area contributed by atoms with E-state index in [1.54, 1.807) is 46.8 Å². The highest BCUT2D eigenvalue weighted by atomic mass is 16.5. The van der Waals surface area contributed by atoms with Gasteiger partial charge in [0, 0.05) is 11.8 Å². The second kappa shape index (κ2) is 10.9. The van der Waals surface area contributed by atoms with Crippen molar-refractivity contribution in [3.8, 4) is 0 Å². The number of ether oxygens (including phenoxy) is 3. The summed E-state index contributed by atoms with van der Waals surface area (Å²) in [5.41, 5.74) is -0.832. The molecule has 0 aliphatic carbocycles. The number of ketones is 1. The zero-order valence-corrected chi connectivity index (χ0v) is 19.6. The van der Waals surface area contributed by atoms with Crippen LogP contribution in [0.3, 0.4) is 0 Å². The number of allylic oxidation sites excluding steroid dienone is 1. The molecule has 0 heterocycles. The molecule has 1 rings (SSSR count). The van der Waals surface area contributed by atoms with Gasteiger partial charge in [-0.1, -0.05) is 32.9 Å². The molecule has 0 N–H and O–H groups in total. The molecular weight excluding hydrogens is 414 g/mol. The van der Waals surface area contributed by atoms with Crippen LogP contribution in [0.2, 0.25) is 0 Å². The van der Waals surface area contributed by atoms with Crippen LogP contribution in [0.5, 0.6) is 0 Å². The number of rotatable bonds is 9. The second-order valence-electron chi connectivity index (χ2n) is 9.01. The number of hydrogen-bond donors (Lipinski definition) is 0. The van der Waals surface area contributed by atoms with Crippen LogP contribution in [-0.4, -0.2) is 50.4 Å². The molecule has 0 aliphatic rings. The van der Waals surface area contributed by atoms with Gasteiger partial charge in [-0.2, -0.15) is 0 Å². The van der Waals surface area contributed by atoms with Gasteiger partial charge >= 0.3 is 17.9 Å². The molecule has 174 valence electrons. The molecule has 0 fully saturated rings. The third kappa shape index (κ3) is 6.89. The quantitative estimate of drug-likeness (QED) is 0.248. The number of carbonyl (C=O) groups excluding carboxylic acids is 4. The molecule has 0 saturated carbocycles. The van der Waals surface area contributed by atoms with Crippen molar-refractivity contribution >= 4 is 35.1 Å². The summed E-state index contributed by atoms with van der Waals surface area (Å²) < 4.78 is 14.6. The maximum Gasteiger partial charge on any atom is 0.338 e. The molecular formula is C24H30NO7-. The summed E-state index contributed by atoms with van der Waals surface area (Å²) in [6, 6.07) is 6.08. The molecule has 8 nitrogen and oxygen atoms in total. The number of carbonyl (C=O) groups is 4. The Balaban J connectivity index is 3.05. The Kier molecular flexibility index (Phi) is 9.09. The summed E-state index contributed by atoms with van der Waals surface area (Å²) in [7, 11) is 2.26. The van der Waals surface area contributed by atoms with Crippen LogP contribution in [-0.2, 0) is 28.6 Å². The zero-order valence-electron chi connectivity index (χ0n) is 19.6. The third-order valence-corrected chi connectivity index (χ3v) is 4.82. The zero-order chi connectivity index (χ0) is 24.7. The lowest BCUT2D eigenvalue weighted by Gasteiger charge is -2.30. The summed E-state index contributed by atoms with van der Waals surface area (Å²) in [6.45, 7) is 8.73. The molecule has 0 amide bonds. The van der Waals surface area contributed by atoms with Gasteiger partial charge in [-0.25, -0.2) is 4.79 Å². The normalized spacial score (nSPS) is 11.4. The van der Waals surface area contributed by atoms with Crippen LogP contribution in [0.1, 0.15) is 57.0 Å². The van der Waals surface area contributed by atoms with Gasteiger partial charge in [-0.15, -0.1) is 0 Å². The second-order valence-corrected chi connectivity index (χ2v) is 9.01. The number of methoxy groups -OCH3 is 2. The maximum absolute atomic E-state index is 12.6. The molecule has 32 heavy (non-hydrogen) atoms. The van der Waals surface area contributed by atoms with Crippen molar-refractivity contribution in [3.05, 3.63) is 40.8 Å². The Morgan fingerprint density at radius 1 is 0.969 bits per heavy atom. The van der Waals surface area contributed by atoms with E-state index < -0.39 is 34.7 Å². The van der Waals surface area contributed by atoms with E-state index in [0.29, 0.717) is 5.56 Å². The van der Waals surface area contributed by atoms with Gasteiger partial charge in [-0.05, 0) is 37.1 Å². The van der Waals surface area contributed by atoms with Crippen LogP contribution in [0, 0.1) is 16.7 Å². The van der Waals surface area contributed by atoms with Crippen molar-refractivity contribution in [2.24, 2.45) is 16.7 Å². The Morgan fingerprint density at radius 2 is 1.50 bits per heavy atom. The van der Waals surface area contributed by atoms with Gasteiger partial charge in [0.15, 0.2) is 5.92 Å². The van der Waals surface area contributed by atoms with Gasteiger partial charge < -0.3 is 19.6 Å². The van der Waals surface area contributed by atoms with E-state index >= 15 is 0 Å². The minimum absolute atomic E-state index is 0.0386. The SMILES string of the molecule is COC(=O)C(CC(=C=[N-])c1cccc(C(=O)OCC(C)(C)C(=O)C(C)(C)C)c1)C(=O)OC. The molecule has 1 aromatic rings. The molecule has 0 aromatic heterocycles. The van der Waals surface area contributed by atoms with E-state index in [0.717, 1.165) is 14.2 Å². The van der Waals surface area contributed by atoms with E-state index in [1.807, 2.05) is 5.87 Å². The fraction of sp³-hybridized carbons (Fsp3) is 0.500. The van der Waals surface area contributed by atoms with Crippen molar-refractivity contribution in [1.82, 2.24) is 0 Å². The fourth-order valence-corrected chi connectivity index (χ4v) is 3.22. The lowest BCUT2D eigenvalue weighted by Crippen LogP contribution is -2.38. The number of Topliss-reactive ketones (excluding diaryl/α,β-unsaturated/α-hetero) is 1. The summed E-state index contributed by atoms with van der Waals surface area (Å²) in [6.07, 6.45) is -0.249. The van der Waals surface area contributed by atoms with E-state index in [-0.39, 0.29) is 29.9 Å². The first kappa shape index (κ1) is 26.8. The molecule has 0 saturated heterocycles. The monoisotopic (exact) mass is 444 g/mol. The van der Waals surface area contributed by atoms with Crippen LogP contribution in [0.4, 0.5) is 0 Å². The highest BCUT2D eigenvalue weighted by molar-refractivity contribution is 6.01. The molecule has 0 spiro atoms. The number of nitrogens with zero attached hydrogens (tertiary/aromatic N) is 1. The van der Waals surface area contributed by atoms with E-state index in [1.165, 1.54) is 12.1 Å². The predicted molar refractivity (Wildman–Crippen MR) is 119 cm³/mol. The van der Waals surface area contributed by atoms with Gasteiger partial charge in [0.05, 0.1) is 25.2 Å². The first-order valence-corrected chi connectivity index (χ1v) is 10.0. The van der Waals surface area contributed by atoms with E-state index in [9.17, 15) is 24.6 Å². The van der Waals surface area contributed by atoms with Crippen LogP contribution >= 0.6 is 0 Å². The third-order valence-electron chi connectivity index (χ3n) is 4.82. The molecule has 0 aliphatic heterocycles. The fourth-order valence-electron chi connectivity index (χ4n) is 3.22. The van der Waals surface area contributed by atoms with Gasteiger partial charge in [0.25, 0.3) is 0 Å². The van der Waals surface area contributed by atoms with Gasteiger partial charge in [0.2, 0.25) is 0 Å². The smallest absolute Gasteiger partial charge is 0.338 e. The minimum Gasteiger partial charge on any atom is -0.763 e. The average molecular weight is 445 g/mol.